The molecule has 1 saturated carbocycles. The molecule has 0 aliphatic heterocycles. The van der Waals surface area contributed by atoms with Gasteiger partial charge in [0.1, 0.15) is 5.54 Å². The number of methoxy groups -OCH3 is 1. The van der Waals surface area contributed by atoms with Crippen LogP contribution in [0.5, 0.6) is 0 Å². The molecule has 0 bridgehead atoms. The SMILES string of the molecule is CCCNC1(C(N)=O)CC(OC)C1. The molecule has 0 radical (unpaired) electrons. The highest BCUT2D eigenvalue weighted by Crippen LogP contribution is 2.33. The maximum absolute atomic E-state index is 11.2. The Hall–Kier alpha value is -0.610. The lowest BCUT2D eigenvalue weighted by atomic mass is 9.73. The van der Waals surface area contributed by atoms with Crippen molar-refractivity contribution >= 4 is 5.91 Å². The normalized spacial score (nSPS) is 32.6. The lowest BCUT2D eigenvalue weighted by Gasteiger charge is -2.45. The van der Waals surface area contributed by atoms with Gasteiger partial charge in [-0.25, -0.2) is 0 Å². The van der Waals surface area contributed by atoms with Gasteiger partial charge in [-0.15, -0.1) is 0 Å². The number of primary amides is 1. The molecular formula is C9H18N2O2. The predicted molar refractivity (Wildman–Crippen MR) is 50.3 cm³/mol. The summed E-state index contributed by atoms with van der Waals surface area (Å²) in [6.45, 7) is 2.90. The number of rotatable bonds is 5. The van der Waals surface area contributed by atoms with E-state index >= 15 is 0 Å². The van der Waals surface area contributed by atoms with E-state index in [1.807, 2.05) is 0 Å². The molecule has 4 heteroatoms. The highest BCUT2D eigenvalue weighted by Gasteiger charge is 2.48. The van der Waals surface area contributed by atoms with Crippen LogP contribution in [0.4, 0.5) is 0 Å². The number of ether oxygens (including phenoxy) is 1. The minimum absolute atomic E-state index is 0.192. The monoisotopic (exact) mass is 186 g/mol. The highest BCUT2D eigenvalue weighted by atomic mass is 16.5. The van der Waals surface area contributed by atoms with Crippen LogP contribution in [-0.2, 0) is 9.53 Å². The van der Waals surface area contributed by atoms with Crippen LogP contribution in [0.25, 0.3) is 0 Å². The van der Waals surface area contributed by atoms with Crippen LogP contribution in [-0.4, -0.2) is 31.2 Å². The molecule has 0 atom stereocenters. The first-order chi connectivity index (χ1) is 6.14. The second-order valence-corrected chi connectivity index (χ2v) is 3.64. The smallest absolute Gasteiger partial charge is 0.237 e. The van der Waals surface area contributed by atoms with E-state index in [0.717, 1.165) is 13.0 Å². The first kappa shape index (κ1) is 10.5. The molecule has 3 N–H and O–H groups in total. The van der Waals surface area contributed by atoms with Gasteiger partial charge in [0.05, 0.1) is 6.10 Å². The molecule has 0 aromatic carbocycles. The van der Waals surface area contributed by atoms with Gasteiger partial charge >= 0.3 is 0 Å². The average molecular weight is 186 g/mol. The summed E-state index contributed by atoms with van der Waals surface area (Å²) in [4.78, 5) is 11.2. The van der Waals surface area contributed by atoms with Crippen molar-refractivity contribution in [1.82, 2.24) is 5.32 Å². The maximum atomic E-state index is 11.2. The first-order valence-corrected chi connectivity index (χ1v) is 4.72. The Bertz CT molecular complexity index is 183. The van der Waals surface area contributed by atoms with Gasteiger partial charge in [0.2, 0.25) is 5.91 Å². The van der Waals surface area contributed by atoms with Crippen molar-refractivity contribution in [1.29, 1.82) is 0 Å². The van der Waals surface area contributed by atoms with E-state index in [1.54, 1.807) is 7.11 Å². The van der Waals surface area contributed by atoms with Gasteiger partial charge in [-0.2, -0.15) is 0 Å². The topological polar surface area (TPSA) is 64.3 Å². The van der Waals surface area contributed by atoms with Gasteiger partial charge in [-0.1, -0.05) is 6.92 Å². The van der Waals surface area contributed by atoms with Crippen LogP contribution >= 0.6 is 0 Å². The van der Waals surface area contributed by atoms with Crippen LogP contribution in [0.3, 0.4) is 0 Å². The molecule has 1 fully saturated rings. The number of nitrogens with two attached hydrogens (primary N) is 1. The van der Waals surface area contributed by atoms with Gasteiger partial charge in [0, 0.05) is 20.0 Å². The molecule has 0 spiro atoms. The quantitative estimate of drug-likeness (QED) is 0.636. The van der Waals surface area contributed by atoms with E-state index < -0.39 is 5.54 Å². The second-order valence-electron chi connectivity index (χ2n) is 3.64. The van der Waals surface area contributed by atoms with Crippen LogP contribution < -0.4 is 11.1 Å². The average Bonchev–Trinajstić information content (AvgIpc) is 2.02. The van der Waals surface area contributed by atoms with E-state index in [0.29, 0.717) is 12.8 Å². The Morgan fingerprint density at radius 3 is 2.69 bits per heavy atom. The summed E-state index contributed by atoms with van der Waals surface area (Å²) in [5, 5.41) is 3.19. The van der Waals surface area contributed by atoms with Crippen molar-refractivity contribution in [2.45, 2.75) is 37.8 Å². The summed E-state index contributed by atoms with van der Waals surface area (Å²) in [5.74, 6) is -0.255. The Morgan fingerprint density at radius 2 is 2.31 bits per heavy atom. The number of nitrogens with one attached hydrogen (secondary N) is 1. The molecule has 1 aliphatic rings. The summed E-state index contributed by atoms with van der Waals surface area (Å²) < 4.78 is 5.12. The first-order valence-electron chi connectivity index (χ1n) is 4.72. The molecule has 76 valence electrons. The van der Waals surface area contributed by atoms with Gasteiger partial charge in [0.25, 0.3) is 0 Å². The van der Waals surface area contributed by atoms with Crippen molar-refractivity contribution in [2.75, 3.05) is 13.7 Å². The molecule has 0 saturated heterocycles. The zero-order valence-corrected chi connectivity index (χ0v) is 8.30. The lowest BCUT2D eigenvalue weighted by Crippen LogP contribution is -2.65. The highest BCUT2D eigenvalue weighted by molar-refractivity contribution is 5.86. The van der Waals surface area contributed by atoms with Crippen molar-refractivity contribution in [2.24, 2.45) is 5.73 Å². The molecule has 4 nitrogen and oxygen atoms in total. The summed E-state index contributed by atoms with van der Waals surface area (Å²) in [6, 6.07) is 0. The predicted octanol–water partition coefficient (Wildman–Crippen LogP) is 0.0189. The van der Waals surface area contributed by atoms with Crippen LogP contribution in [0, 0.1) is 0 Å². The summed E-state index contributed by atoms with van der Waals surface area (Å²) in [5.41, 5.74) is 4.84. The molecule has 0 heterocycles. The van der Waals surface area contributed by atoms with Gasteiger partial charge in [0.15, 0.2) is 0 Å². The van der Waals surface area contributed by atoms with Crippen molar-refractivity contribution < 1.29 is 9.53 Å². The molecule has 0 aromatic heterocycles. The van der Waals surface area contributed by atoms with Crippen LogP contribution in [0.15, 0.2) is 0 Å². The molecule has 13 heavy (non-hydrogen) atoms. The third kappa shape index (κ3) is 2.00. The summed E-state index contributed by atoms with van der Waals surface area (Å²) >= 11 is 0. The Morgan fingerprint density at radius 1 is 1.69 bits per heavy atom. The largest absolute Gasteiger partial charge is 0.381 e. The Labute approximate surface area is 78.8 Å². The van der Waals surface area contributed by atoms with Gasteiger partial charge in [-0.3, -0.25) is 4.79 Å². The van der Waals surface area contributed by atoms with E-state index in [4.69, 9.17) is 10.5 Å². The van der Waals surface area contributed by atoms with Crippen molar-refractivity contribution in [3.8, 4) is 0 Å². The summed E-state index contributed by atoms with van der Waals surface area (Å²) in [6.07, 6.45) is 2.61. The third-order valence-electron chi connectivity index (χ3n) is 2.67. The third-order valence-corrected chi connectivity index (χ3v) is 2.67. The fourth-order valence-electron chi connectivity index (χ4n) is 1.68. The van der Waals surface area contributed by atoms with E-state index in [-0.39, 0.29) is 12.0 Å². The second kappa shape index (κ2) is 4.07. The minimum atomic E-state index is -0.489. The minimum Gasteiger partial charge on any atom is -0.381 e. The molecular weight excluding hydrogens is 168 g/mol. The fraction of sp³-hybridized carbons (Fsp3) is 0.889. The Kier molecular flexibility index (Phi) is 3.27. The van der Waals surface area contributed by atoms with E-state index in [2.05, 4.69) is 12.2 Å². The number of hydrogen-bond donors (Lipinski definition) is 2. The standard InChI is InChI=1S/C9H18N2O2/c1-3-4-11-9(8(10)12)5-7(6-9)13-2/h7,11H,3-6H2,1-2H3,(H2,10,12). The molecule has 0 unspecified atom stereocenters. The van der Waals surface area contributed by atoms with E-state index in [1.165, 1.54) is 0 Å². The van der Waals surface area contributed by atoms with Crippen LogP contribution in [0.1, 0.15) is 26.2 Å². The fourth-order valence-corrected chi connectivity index (χ4v) is 1.68. The Balaban J connectivity index is 2.45. The number of amides is 1. The number of carbonyl (C=O) groups excluding carboxylic acids is 1. The number of carbonyl (C=O) groups is 1. The number of hydrogen-bond acceptors (Lipinski definition) is 3. The molecule has 1 aliphatic carbocycles. The zero-order valence-electron chi connectivity index (χ0n) is 8.30. The van der Waals surface area contributed by atoms with Gasteiger partial charge in [-0.05, 0) is 13.0 Å². The summed E-state index contributed by atoms with van der Waals surface area (Å²) in [7, 11) is 1.66. The maximum Gasteiger partial charge on any atom is 0.237 e. The van der Waals surface area contributed by atoms with Crippen LogP contribution in [0.2, 0.25) is 0 Å². The van der Waals surface area contributed by atoms with E-state index in [9.17, 15) is 4.79 Å². The van der Waals surface area contributed by atoms with Crippen molar-refractivity contribution in [3.05, 3.63) is 0 Å². The van der Waals surface area contributed by atoms with Gasteiger partial charge < -0.3 is 15.8 Å². The molecule has 1 amide bonds. The molecule has 0 aromatic rings. The lowest BCUT2D eigenvalue weighted by molar-refractivity contribution is -0.135. The van der Waals surface area contributed by atoms with Crippen molar-refractivity contribution in [3.63, 3.8) is 0 Å². The molecule has 1 rings (SSSR count). The zero-order chi connectivity index (χ0) is 9.90.